The summed E-state index contributed by atoms with van der Waals surface area (Å²) < 4.78 is 6.34. The third-order valence-electron chi connectivity index (χ3n) is 8.97. The van der Waals surface area contributed by atoms with E-state index in [4.69, 9.17) is 4.42 Å². The molecule has 0 saturated carbocycles. The lowest BCUT2D eigenvalue weighted by Crippen LogP contribution is -2.22. The molecule has 2 aliphatic rings. The zero-order valence-electron chi connectivity index (χ0n) is 22.5. The molecule has 7 aromatic rings. The maximum Gasteiger partial charge on any atom is 0.143 e. The molecular weight excluding hydrogens is 498 g/mol. The highest BCUT2D eigenvalue weighted by atomic mass is 16.3. The van der Waals surface area contributed by atoms with Crippen molar-refractivity contribution in [3.05, 3.63) is 145 Å². The third kappa shape index (κ3) is 3.50. The number of nitrogens with zero attached hydrogens (tertiary/aromatic N) is 1. The largest absolute Gasteiger partial charge is 0.455 e. The van der Waals surface area contributed by atoms with E-state index in [1.54, 1.807) is 0 Å². The van der Waals surface area contributed by atoms with Gasteiger partial charge in [0.25, 0.3) is 0 Å². The molecule has 194 valence electrons. The maximum absolute atomic E-state index is 6.34. The van der Waals surface area contributed by atoms with E-state index in [0.717, 1.165) is 40.3 Å². The van der Waals surface area contributed by atoms with E-state index in [1.165, 1.54) is 50.3 Å². The van der Waals surface area contributed by atoms with Crippen molar-refractivity contribution in [3.63, 3.8) is 0 Å². The number of anilines is 2. The number of hydrogen-bond donors (Lipinski definition) is 0. The molecule has 1 unspecified atom stereocenters. The fourth-order valence-corrected chi connectivity index (χ4v) is 7.08. The van der Waals surface area contributed by atoms with Crippen LogP contribution in [0.1, 0.15) is 11.1 Å². The first-order valence-corrected chi connectivity index (χ1v) is 14.4. The van der Waals surface area contributed by atoms with Gasteiger partial charge in [-0.1, -0.05) is 97.1 Å². The van der Waals surface area contributed by atoms with Gasteiger partial charge >= 0.3 is 0 Å². The molecule has 0 spiro atoms. The van der Waals surface area contributed by atoms with E-state index in [0.29, 0.717) is 6.04 Å². The van der Waals surface area contributed by atoms with Gasteiger partial charge < -0.3 is 9.32 Å². The van der Waals surface area contributed by atoms with Gasteiger partial charge in [0.15, 0.2) is 0 Å². The van der Waals surface area contributed by atoms with Crippen molar-refractivity contribution >= 4 is 33.3 Å². The minimum absolute atomic E-state index is 0.498. The van der Waals surface area contributed by atoms with Crippen LogP contribution < -0.4 is 4.90 Å². The lowest BCUT2D eigenvalue weighted by atomic mass is 9.95. The van der Waals surface area contributed by atoms with Crippen molar-refractivity contribution in [1.29, 1.82) is 0 Å². The molecule has 9 rings (SSSR count). The molecule has 2 aliphatic heterocycles. The Hall–Kier alpha value is -5.08. The molecule has 0 aliphatic carbocycles. The van der Waals surface area contributed by atoms with Gasteiger partial charge in [-0.15, -0.1) is 0 Å². The van der Waals surface area contributed by atoms with Crippen molar-refractivity contribution in [2.45, 2.75) is 18.9 Å². The molecule has 0 amide bonds. The summed E-state index contributed by atoms with van der Waals surface area (Å²) in [5, 5.41) is 2.33. The molecule has 0 radical (unpaired) electrons. The van der Waals surface area contributed by atoms with Gasteiger partial charge in [0.05, 0.1) is 0 Å². The summed E-state index contributed by atoms with van der Waals surface area (Å²) in [6.45, 7) is 0. The van der Waals surface area contributed by atoms with Crippen LogP contribution in [0, 0.1) is 0 Å². The van der Waals surface area contributed by atoms with Gasteiger partial charge in [0.2, 0.25) is 0 Å². The Balaban J connectivity index is 1.07. The average molecular weight is 526 g/mol. The molecule has 0 fully saturated rings. The van der Waals surface area contributed by atoms with Crippen LogP contribution in [0.2, 0.25) is 0 Å². The molecule has 41 heavy (non-hydrogen) atoms. The summed E-state index contributed by atoms with van der Waals surface area (Å²) >= 11 is 0. The van der Waals surface area contributed by atoms with E-state index in [-0.39, 0.29) is 0 Å². The van der Waals surface area contributed by atoms with Crippen LogP contribution in [0.25, 0.3) is 55.3 Å². The Morgan fingerprint density at radius 3 is 1.90 bits per heavy atom. The minimum Gasteiger partial charge on any atom is -0.455 e. The molecule has 2 heteroatoms. The lowest BCUT2D eigenvalue weighted by Gasteiger charge is -2.21. The van der Waals surface area contributed by atoms with E-state index in [9.17, 15) is 0 Å². The monoisotopic (exact) mass is 525 g/mol. The normalized spacial score (nSPS) is 15.3. The van der Waals surface area contributed by atoms with Crippen LogP contribution in [0.4, 0.5) is 11.4 Å². The Morgan fingerprint density at radius 1 is 0.488 bits per heavy atom. The van der Waals surface area contributed by atoms with Crippen molar-refractivity contribution in [2.24, 2.45) is 0 Å². The number of hydrogen-bond acceptors (Lipinski definition) is 2. The van der Waals surface area contributed by atoms with E-state index in [2.05, 4.69) is 126 Å². The average Bonchev–Trinajstić information content (AvgIpc) is 3.70. The highest BCUT2D eigenvalue weighted by molar-refractivity contribution is 6.09. The summed E-state index contributed by atoms with van der Waals surface area (Å²) in [7, 11) is 0. The molecule has 3 heterocycles. The first-order chi connectivity index (χ1) is 20.3. The maximum atomic E-state index is 6.34. The molecule has 0 saturated heterocycles. The SMILES string of the molecule is c1ccc(-c2ccc3c(c2)CC2Cc4cc(-c5cccc(-c6cccc7c6oc6ccccc67)c5)ccc4N32)cc1. The van der Waals surface area contributed by atoms with Crippen molar-refractivity contribution in [3.8, 4) is 33.4 Å². The molecule has 0 bridgehead atoms. The Bertz CT molecular complexity index is 2120. The second kappa shape index (κ2) is 8.71. The van der Waals surface area contributed by atoms with Crippen LogP contribution in [0.15, 0.2) is 138 Å². The zero-order valence-corrected chi connectivity index (χ0v) is 22.5. The highest BCUT2D eigenvalue weighted by Crippen LogP contribution is 2.48. The predicted octanol–water partition coefficient (Wildman–Crippen LogP) is 10.2. The Labute approximate surface area is 239 Å². The van der Waals surface area contributed by atoms with Gasteiger partial charge in [-0.05, 0) is 88.2 Å². The van der Waals surface area contributed by atoms with E-state index >= 15 is 0 Å². The van der Waals surface area contributed by atoms with Crippen molar-refractivity contribution in [1.82, 2.24) is 0 Å². The lowest BCUT2D eigenvalue weighted by molar-refractivity contribution is 0.670. The number of para-hydroxylation sites is 2. The van der Waals surface area contributed by atoms with Gasteiger partial charge in [-0.25, -0.2) is 0 Å². The standard InChI is InChI=1S/C39H27NO/c1-2-8-25(9-3-1)27-16-18-36-30(21-27)23-32-24-31-22-28(17-19-37(31)40(32)36)26-10-6-11-29(20-26)33-13-7-14-35-34-12-4-5-15-38(34)41-39(33)35/h1-22,32H,23-24H2. The van der Waals surface area contributed by atoms with Crippen LogP contribution >= 0.6 is 0 Å². The van der Waals surface area contributed by atoms with Crippen molar-refractivity contribution in [2.75, 3.05) is 4.90 Å². The second-order valence-electron chi connectivity index (χ2n) is 11.3. The first-order valence-electron chi connectivity index (χ1n) is 14.4. The quantitative estimate of drug-likeness (QED) is 0.228. The fourth-order valence-electron chi connectivity index (χ4n) is 7.08. The topological polar surface area (TPSA) is 16.4 Å². The summed E-state index contributed by atoms with van der Waals surface area (Å²) in [6.07, 6.45) is 2.17. The molecule has 1 atom stereocenters. The Kier molecular flexibility index (Phi) is 4.82. The summed E-state index contributed by atoms with van der Waals surface area (Å²) in [6, 6.07) is 48.8. The predicted molar refractivity (Wildman–Crippen MR) is 170 cm³/mol. The third-order valence-corrected chi connectivity index (χ3v) is 8.97. The number of rotatable bonds is 3. The van der Waals surface area contributed by atoms with Crippen LogP contribution in [0.3, 0.4) is 0 Å². The molecule has 0 N–H and O–H groups in total. The summed E-state index contributed by atoms with van der Waals surface area (Å²) in [5.74, 6) is 0. The van der Waals surface area contributed by atoms with Gasteiger partial charge in [-0.3, -0.25) is 0 Å². The first kappa shape index (κ1) is 22.7. The smallest absolute Gasteiger partial charge is 0.143 e. The fraction of sp³-hybridized carbons (Fsp3) is 0.0769. The van der Waals surface area contributed by atoms with Crippen molar-refractivity contribution < 1.29 is 4.42 Å². The van der Waals surface area contributed by atoms with Crippen LogP contribution in [-0.4, -0.2) is 6.04 Å². The molecular formula is C39H27NO. The van der Waals surface area contributed by atoms with Gasteiger partial charge in [0.1, 0.15) is 11.2 Å². The number of fused-ring (bicyclic) bond motifs is 8. The molecule has 6 aromatic carbocycles. The zero-order chi connectivity index (χ0) is 26.9. The van der Waals surface area contributed by atoms with E-state index < -0.39 is 0 Å². The summed E-state index contributed by atoms with van der Waals surface area (Å²) in [4.78, 5) is 2.57. The second-order valence-corrected chi connectivity index (χ2v) is 11.3. The van der Waals surface area contributed by atoms with Gasteiger partial charge in [-0.2, -0.15) is 0 Å². The molecule has 2 nitrogen and oxygen atoms in total. The molecule has 1 aromatic heterocycles. The van der Waals surface area contributed by atoms with Crippen LogP contribution in [0.5, 0.6) is 0 Å². The number of furan rings is 1. The number of benzene rings is 6. The van der Waals surface area contributed by atoms with Crippen LogP contribution in [-0.2, 0) is 12.8 Å². The summed E-state index contributed by atoms with van der Waals surface area (Å²) in [5.41, 5.74) is 14.9. The van der Waals surface area contributed by atoms with Gasteiger partial charge in [0, 0.05) is 33.8 Å². The van der Waals surface area contributed by atoms with E-state index in [1.807, 2.05) is 12.1 Å². The Morgan fingerprint density at radius 2 is 1.10 bits per heavy atom. The highest BCUT2D eigenvalue weighted by Gasteiger charge is 2.37. The minimum atomic E-state index is 0.498.